The second-order valence-corrected chi connectivity index (χ2v) is 6.04. The molecule has 4 nitrogen and oxygen atoms in total. The molecule has 0 amide bonds. The molecule has 3 aromatic rings. The average Bonchev–Trinajstić information content (AvgIpc) is 2.66. The van der Waals surface area contributed by atoms with Gasteiger partial charge >= 0.3 is 5.63 Å². The molecule has 0 fully saturated rings. The summed E-state index contributed by atoms with van der Waals surface area (Å²) >= 11 is 10.3. The lowest BCUT2D eigenvalue weighted by Gasteiger charge is -2.06. The van der Waals surface area contributed by atoms with Crippen molar-refractivity contribution in [2.24, 2.45) is 0 Å². The van der Waals surface area contributed by atoms with E-state index in [4.69, 9.17) is 13.6 Å². The molecule has 0 bridgehead atoms. The van der Waals surface area contributed by atoms with Gasteiger partial charge in [0.25, 0.3) is 0 Å². The van der Waals surface area contributed by atoms with Gasteiger partial charge in [-0.05, 0) is 53.9 Å². The van der Waals surface area contributed by atoms with Crippen LogP contribution in [0.25, 0.3) is 21.9 Å². The van der Waals surface area contributed by atoms with Gasteiger partial charge in [-0.15, -0.1) is 0 Å². The summed E-state index contributed by atoms with van der Waals surface area (Å²) in [6.45, 7) is 0. The van der Waals surface area contributed by atoms with Gasteiger partial charge in [0.05, 0.1) is 17.0 Å². The Balaban J connectivity index is 2.68. The molecular formula is C12H5Br3O4. The lowest BCUT2D eigenvalue weighted by molar-refractivity contribution is 0.401. The van der Waals surface area contributed by atoms with Gasteiger partial charge in [-0.3, -0.25) is 0 Å². The molecule has 0 aliphatic carbocycles. The van der Waals surface area contributed by atoms with Crippen molar-refractivity contribution in [2.45, 2.75) is 0 Å². The predicted molar refractivity (Wildman–Crippen MR) is 81.9 cm³/mol. The topological polar surface area (TPSA) is 52.6 Å². The Morgan fingerprint density at radius 3 is 2.47 bits per heavy atom. The highest BCUT2D eigenvalue weighted by molar-refractivity contribution is 9.13. The number of hydrogen-bond donors (Lipinski definition) is 0. The summed E-state index contributed by atoms with van der Waals surface area (Å²) in [6, 6.07) is 3.04. The van der Waals surface area contributed by atoms with Crippen molar-refractivity contribution in [1.82, 2.24) is 0 Å². The second kappa shape index (κ2) is 4.64. The van der Waals surface area contributed by atoms with E-state index in [2.05, 4.69) is 47.8 Å². The summed E-state index contributed by atoms with van der Waals surface area (Å²) < 4.78 is 18.2. The number of methoxy groups -OCH3 is 1. The molecule has 7 heteroatoms. The molecule has 0 aliphatic heterocycles. The minimum absolute atomic E-state index is 0.350. The van der Waals surface area contributed by atoms with Crippen LogP contribution in [0.3, 0.4) is 0 Å². The van der Waals surface area contributed by atoms with E-state index in [0.29, 0.717) is 21.6 Å². The SMILES string of the molecule is COc1c2oc(=O)ccc2c(Br)c2c(Br)c(Br)oc12. The first-order valence-electron chi connectivity index (χ1n) is 5.11. The lowest BCUT2D eigenvalue weighted by Crippen LogP contribution is -1.97. The average molecular weight is 453 g/mol. The molecule has 0 aliphatic rings. The van der Waals surface area contributed by atoms with Gasteiger partial charge in [-0.1, -0.05) is 0 Å². The zero-order valence-electron chi connectivity index (χ0n) is 9.42. The third-order valence-corrected chi connectivity index (χ3v) is 5.39. The Hall–Kier alpha value is -0.790. The third-order valence-electron chi connectivity index (χ3n) is 2.72. The van der Waals surface area contributed by atoms with Crippen molar-refractivity contribution in [1.29, 1.82) is 0 Å². The Morgan fingerprint density at radius 2 is 1.79 bits per heavy atom. The van der Waals surface area contributed by atoms with Crippen LogP contribution < -0.4 is 10.4 Å². The number of benzene rings is 1. The van der Waals surface area contributed by atoms with E-state index in [1.54, 1.807) is 6.07 Å². The highest BCUT2D eigenvalue weighted by atomic mass is 79.9. The van der Waals surface area contributed by atoms with Crippen LogP contribution in [0.5, 0.6) is 5.75 Å². The summed E-state index contributed by atoms with van der Waals surface area (Å²) in [5.41, 5.74) is 0.403. The first-order valence-corrected chi connectivity index (χ1v) is 7.49. The summed E-state index contributed by atoms with van der Waals surface area (Å²) in [5, 5.41) is 1.54. The van der Waals surface area contributed by atoms with E-state index in [1.165, 1.54) is 13.2 Å². The minimum atomic E-state index is -0.443. The second-order valence-electron chi connectivity index (χ2n) is 3.74. The monoisotopic (exact) mass is 450 g/mol. The normalized spacial score (nSPS) is 11.4. The van der Waals surface area contributed by atoms with Gasteiger partial charge in [0, 0.05) is 15.9 Å². The van der Waals surface area contributed by atoms with Crippen molar-refractivity contribution in [3.63, 3.8) is 0 Å². The van der Waals surface area contributed by atoms with Crippen LogP contribution in [0.2, 0.25) is 0 Å². The van der Waals surface area contributed by atoms with E-state index >= 15 is 0 Å². The zero-order chi connectivity index (χ0) is 13.7. The largest absolute Gasteiger partial charge is 0.490 e. The maximum Gasteiger partial charge on any atom is 0.336 e. The summed E-state index contributed by atoms with van der Waals surface area (Å²) in [6.07, 6.45) is 0. The van der Waals surface area contributed by atoms with Crippen molar-refractivity contribution in [2.75, 3.05) is 7.11 Å². The maximum absolute atomic E-state index is 11.4. The van der Waals surface area contributed by atoms with Gasteiger partial charge in [0.15, 0.2) is 15.8 Å². The molecule has 19 heavy (non-hydrogen) atoms. The summed E-state index contributed by atoms with van der Waals surface area (Å²) in [5.74, 6) is 0.386. The Morgan fingerprint density at radius 1 is 1.05 bits per heavy atom. The van der Waals surface area contributed by atoms with Crippen LogP contribution in [0.4, 0.5) is 0 Å². The van der Waals surface area contributed by atoms with Crippen LogP contribution in [0, 0.1) is 0 Å². The Kier molecular flexibility index (Phi) is 3.23. The summed E-state index contributed by atoms with van der Waals surface area (Å²) in [4.78, 5) is 11.4. The standard InChI is InChI=1S/C12H5Br3O4/c1-17-11-9-4(2-3-5(16)18-9)7(13)6-8(14)12(15)19-10(6)11/h2-3H,1H3. The first kappa shape index (κ1) is 13.2. The number of fused-ring (bicyclic) bond motifs is 2. The molecule has 0 spiro atoms. The third kappa shape index (κ3) is 1.86. The Labute approximate surface area is 132 Å². The number of furan rings is 1. The highest BCUT2D eigenvalue weighted by Gasteiger charge is 2.22. The van der Waals surface area contributed by atoms with Crippen molar-refractivity contribution >= 4 is 69.7 Å². The molecule has 0 atom stereocenters. The van der Waals surface area contributed by atoms with Crippen molar-refractivity contribution < 1.29 is 13.6 Å². The van der Waals surface area contributed by atoms with Crippen molar-refractivity contribution in [3.8, 4) is 5.75 Å². The molecule has 98 valence electrons. The van der Waals surface area contributed by atoms with E-state index in [-0.39, 0.29) is 0 Å². The van der Waals surface area contributed by atoms with Crippen molar-refractivity contribution in [3.05, 3.63) is 36.2 Å². The molecule has 0 radical (unpaired) electrons. The minimum Gasteiger partial charge on any atom is -0.490 e. The lowest BCUT2D eigenvalue weighted by atomic mass is 10.1. The highest BCUT2D eigenvalue weighted by Crippen LogP contribution is 2.47. The van der Waals surface area contributed by atoms with Crippen LogP contribution in [0.15, 0.2) is 39.4 Å². The molecule has 0 saturated carbocycles. The maximum atomic E-state index is 11.4. The molecule has 0 saturated heterocycles. The quantitative estimate of drug-likeness (QED) is 0.496. The molecular weight excluding hydrogens is 448 g/mol. The van der Waals surface area contributed by atoms with Gasteiger partial charge in [-0.25, -0.2) is 4.79 Å². The molecule has 3 rings (SSSR count). The fourth-order valence-electron chi connectivity index (χ4n) is 1.92. The van der Waals surface area contributed by atoms with E-state index in [9.17, 15) is 4.79 Å². The van der Waals surface area contributed by atoms with Gasteiger partial charge in [0.1, 0.15) is 0 Å². The smallest absolute Gasteiger partial charge is 0.336 e. The van der Waals surface area contributed by atoms with Gasteiger partial charge in [-0.2, -0.15) is 0 Å². The van der Waals surface area contributed by atoms with E-state index in [1.807, 2.05) is 0 Å². The van der Waals surface area contributed by atoms with Gasteiger partial charge < -0.3 is 13.6 Å². The molecule has 2 aromatic heterocycles. The first-order chi connectivity index (χ1) is 9.04. The summed E-state index contributed by atoms with van der Waals surface area (Å²) in [7, 11) is 1.50. The molecule has 2 heterocycles. The van der Waals surface area contributed by atoms with Crippen LogP contribution in [-0.4, -0.2) is 7.11 Å². The van der Waals surface area contributed by atoms with Crippen LogP contribution >= 0.6 is 47.8 Å². The molecule has 1 aromatic carbocycles. The Bertz CT molecular complexity index is 863. The number of halogens is 3. The van der Waals surface area contributed by atoms with E-state index < -0.39 is 5.63 Å². The fraction of sp³-hybridized carbons (Fsp3) is 0.0833. The van der Waals surface area contributed by atoms with Crippen LogP contribution in [0.1, 0.15) is 0 Å². The predicted octanol–water partition coefficient (Wildman–Crippen LogP) is 4.84. The fourth-order valence-corrected chi connectivity index (χ4v) is 3.70. The zero-order valence-corrected chi connectivity index (χ0v) is 14.2. The molecule has 0 unspecified atom stereocenters. The number of ether oxygens (including phenoxy) is 1. The number of rotatable bonds is 1. The number of hydrogen-bond acceptors (Lipinski definition) is 4. The van der Waals surface area contributed by atoms with E-state index in [0.717, 1.165) is 19.7 Å². The van der Waals surface area contributed by atoms with Crippen LogP contribution in [-0.2, 0) is 0 Å². The molecule has 0 N–H and O–H groups in total. The van der Waals surface area contributed by atoms with Gasteiger partial charge in [0.2, 0.25) is 5.75 Å².